The zero-order valence-electron chi connectivity index (χ0n) is 7.67. The van der Waals surface area contributed by atoms with Gasteiger partial charge in [0.05, 0.1) is 5.70 Å². The van der Waals surface area contributed by atoms with Crippen molar-refractivity contribution in [2.24, 2.45) is 11.5 Å². The van der Waals surface area contributed by atoms with Crippen LogP contribution >= 0.6 is 0 Å². The number of halogens is 3. The predicted molar refractivity (Wildman–Crippen MR) is 48.2 cm³/mol. The molecule has 0 bridgehead atoms. The maximum atomic E-state index is 13.5. The molecule has 1 rings (SSSR count). The third-order valence-electron chi connectivity index (χ3n) is 1.89. The summed E-state index contributed by atoms with van der Waals surface area (Å²) in [6.07, 6.45) is -1.85. The zero-order chi connectivity index (χ0) is 12.0. The van der Waals surface area contributed by atoms with Gasteiger partial charge in [0.2, 0.25) is 12.0 Å². The van der Waals surface area contributed by atoms with Crippen LogP contribution in [0.4, 0.5) is 13.2 Å². The lowest BCUT2D eigenvalue weighted by Gasteiger charge is -2.29. The van der Waals surface area contributed by atoms with Crippen molar-refractivity contribution in [2.45, 2.75) is 12.0 Å². The Labute approximate surface area is 84.3 Å². The van der Waals surface area contributed by atoms with Crippen molar-refractivity contribution < 1.29 is 21.6 Å². The molecule has 86 valence electrons. The molecule has 2 atom stereocenters. The summed E-state index contributed by atoms with van der Waals surface area (Å²) in [6, 6.07) is 0. The molecule has 0 heterocycles. The fourth-order valence-corrected chi connectivity index (χ4v) is 2.48. The Morgan fingerprint density at radius 1 is 1.53 bits per heavy atom. The van der Waals surface area contributed by atoms with Gasteiger partial charge in [0.1, 0.15) is 10.7 Å². The van der Waals surface area contributed by atoms with E-state index in [1.165, 1.54) is 0 Å². The molecule has 2 unspecified atom stereocenters. The molecular formula is C7H9F3N2O2S. The Kier molecular flexibility index (Phi) is 2.60. The van der Waals surface area contributed by atoms with Crippen LogP contribution in [0.3, 0.4) is 0 Å². The first-order chi connectivity index (χ1) is 6.58. The molecule has 4 N–H and O–H groups in total. The maximum absolute atomic E-state index is 13.5. The van der Waals surface area contributed by atoms with E-state index in [1.807, 2.05) is 0 Å². The fraction of sp³-hybridized carbons (Fsp3) is 0.429. The molecule has 4 nitrogen and oxygen atoms in total. The second-order valence-corrected chi connectivity index (χ2v) is 5.17. The van der Waals surface area contributed by atoms with Crippen LogP contribution in [0.15, 0.2) is 22.5 Å². The summed E-state index contributed by atoms with van der Waals surface area (Å²) in [6.45, 7) is 0. The second kappa shape index (κ2) is 3.24. The maximum Gasteiger partial charge on any atom is 0.235 e. The molecule has 0 fully saturated rings. The number of rotatable bonds is 1. The van der Waals surface area contributed by atoms with Gasteiger partial charge in [-0.2, -0.15) is 0 Å². The highest BCUT2D eigenvalue weighted by Gasteiger charge is 2.50. The summed E-state index contributed by atoms with van der Waals surface area (Å²) >= 11 is 0. The Morgan fingerprint density at radius 2 is 2.00 bits per heavy atom. The van der Waals surface area contributed by atoms with Gasteiger partial charge in [-0.15, -0.1) is 0 Å². The van der Waals surface area contributed by atoms with Crippen LogP contribution in [0.25, 0.3) is 0 Å². The third kappa shape index (κ3) is 1.86. The highest BCUT2D eigenvalue weighted by atomic mass is 32.2. The number of sulfone groups is 1. The molecule has 0 amide bonds. The van der Waals surface area contributed by atoms with Gasteiger partial charge in [0.25, 0.3) is 0 Å². The SMILES string of the molecule is CS(=O)(=O)C1=C(N)C=C(F)C(F)C1(N)F. The first kappa shape index (κ1) is 12.1. The molecule has 0 aromatic carbocycles. The molecule has 0 spiro atoms. The van der Waals surface area contributed by atoms with E-state index in [2.05, 4.69) is 0 Å². The number of hydrogen-bond donors (Lipinski definition) is 2. The molecule has 1 aliphatic rings. The Morgan fingerprint density at radius 3 is 2.40 bits per heavy atom. The summed E-state index contributed by atoms with van der Waals surface area (Å²) in [7, 11) is -4.14. The van der Waals surface area contributed by atoms with Gasteiger partial charge in [0.15, 0.2) is 9.84 Å². The van der Waals surface area contributed by atoms with Gasteiger partial charge in [-0.1, -0.05) is 0 Å². The number of alkyl halides is 2. The molecule has 0 saturated heterocycles. The molecule has 0 aliphatic heterocycles. The van der Waals surface area contributed by atoms with Crippen molar-refractivity contribution >= 4 is 9.84 Å². The average molecular weight is 242 g/mol. The van der Waals surface area contributed by atoms with Crippen molar-refractivity contribution in [3.8, 4) is 0 Å². The summed E-state index contributed by atoms with van der Waals surface area (Å²) < 4.78 is 61.5. The van der Waals surface area contributed by atoms with E-state index in [0.717, 1.165) is 0 Å². The highest BCUT2D eigenvalue weighted by molar-refractivity contribution is 7.94. The molecule has 0 radical (unpaired) electrons. The largest absolute Gasteiger partial charge is 0.398 e. The minimum Gasteiger partial charge on any atom is -0.398 e. The molecule has 8 heteroatoms. The summed E-state index contributed by atoms with van der Waals surface area (Å²) in [4.78, 5) is -1.14. The van der Waals surface area contributed by atoms with Gasteiger partial charge in [-0.3, -0.25) is 5.73 Å². The lowest BCUT2D eigenvalue weighted by Crippen LogP contribution is -2.51. The molecule has 15 heavy (non-hydrogen) atoms. The Hall–Kier alpha value is -1.02. The minimum absolute atomic E-state index is 0.408. The van der Waals surface area contributed by atoms with Crippen LogP contribution in [0.1, 0.15) is 0 Å². The van der Waals surface area contributed by atoms with Crippen LogP contribution < -0.4 is 11.5 Å². The van der Waals surface area contributed by atoms with Gasteiger partial charge in [-0.25, -0.2) is 21.6 Å². The van der Waals surface area contributed by atoms with E-state index in [9.17, 15) is 21.6 Å². The Balaban J connectivity index is 3.52. The third-order valence-corrected chi connectivity index (χ3v) is 3.18. The second-order valence-electron chi connectivity index (χ2n) is 3.22. The molecule has 1 aliphatic carbocycles. The number of hydrogen-bond acceptors (Lipinski definition) is 4. The van der Waals surface area contributed by atoms with E-state index in [-0.39, 0.29) is 0 Å². The van der Waals surface area contributed by atoms with Crippen LogP contribution in [0, 0.1) is 0 Å². The first-order valence-corrected chi connectivity index (χ1v) is 5.67. The fourth-order valence-electron chi connectivity index (χ4n) is 1.32. The van der Waals surface area contributed by atoms with Crippen LogP contribution in [-0.4, -0.2) is 26.6 Å². The molecule has 0 aromatic rings. The lowest BCUT2D eigenvalue weighted by molar-refractivity contribution is 0.101. The summed E-state index contributed by atoms with van der Waals surface area (Å²) in [5, 5.41) is 0. The monoisotopic (exact) mass is 242 g/mol. The minimum atomic E-state index is -4.14. The zero-order valence-corrected chi connectivity index (χ0v) is 8.48. The summed E-state index contributed by atoms with van der Waals surface area (Å²) in [5.41, 5.74) is 9.16. The van der Waals surface area contributed by atoms with E-state index in [1.54, 1.807) is 0 Å². The molecule has 0 saturated carbocycles. The normalized spacial score (nSPS) is 32.9. The number of allylic oxidation sites excluding steroid dienone is 1. The standard InChI is InChI=1S/C7H9F3N2O2S/c1-15(13,14)6-4(11)2-3(8)5(9)7(6,10)12/h2,5H,11-12H2,1H3. The van der Waals surface area contributed by atoms with Crippen LogP contribution in [0.2, 0.25) is 0 Å². The van der Waals surface area contributed by atoms with Crippen molar-refractivity contribution in [1.29, 1.82) is 0 Å². The van der Waals surface area contributed by atoms with Gasteiger partial charge in [0, 0.05) is 6.26 Å². The summed E-state index contributed by atoms with van der Waals surface area (Å²) in [5.74, 6) is -5.00. The van der Waals surface area contributed by atoms with Crippen molar-refractivity contribution in [3.63, 3.8) is 0 Å². The van der Waals surface area contributed by atoms with E-state index in [4.69, 9.17) is 11.5 Å². The van der Waals surface area contributed by atoms with E-state index < -0.39 is 38.2 Å². The topological polar surface area (TPSA) is 86.2 Å². The van der Waals surface area contributed by atoms with Crippen molar-refractivity contribution in [1.82, 2.24) is 0 Å². The van der Waals surface area contributed by atoms with Crippen LogP contribution in [0.5, 0.6) is 0 Å². The van der Waals surface area contributed by atoms with E-state index >= 15 is 0 Å². The van der Waals surface area contributed by atoms with Crippen molar-refractivity contribution in [2.75, 3.05) is 6.26 Å². The molecular weight excluding hydrogens is 233 g/mol. The average Bonchev–Trinajstić information content (AvgIpc) is 1.96. The number of nitrogens with two attached hydrogens (primary N) is 2. The van der Waals surface area contributed by atoms with Gasteiger partial charge in [-0.05, 0) is 6.08 Å². The smallest absolute Gasteiger partial charge is 0.235 e. The first-order valence-electron chi connectivity index (χ1n) is 3.77. The highest BCUT2D eigenvalue weighted by Crippen LogP contribution is 2.36. The predicted octanol–water partition coefficient (Wildman–Crippen LogP) is 0.0309. The quantitative estimate of drug-likeness (QED) is 0.635. The van der Waals surface area contributed by atoms with E-state index in [0.29, 0.717) is 12.3 Å². The Bertz CT molecular complexity index is 453. The molecule has 0 aromatic heterocycles. The lowest BCUT2D eigenvalue weighted by atomic mass is 10.0. The van der Waals surface area contributed by atoms with Crippen LogP contribution in [-0.2, 0) is 9.84 Å². The van der Waals surface area contributed by atoms with Gasteiger partial charge >= 0.3 is 0 Å². The van der Waals surface area contributed by atoms with Crippen molar-refractivity contribution in [3.05, 3.63) is 22.5 Å². The van der Waals surface area contributed by atoms with Gasteiger partial charge < -0.3 is 5.73 Å².